The van der Waals surface area contributed by atoms with Gasteiger partial charge in [-0.3, -0.25) is 4.79 Å². The minimum absolute atomic E-state index is 0.0286. The van der Waals surface area contributed by atoms with Crippen molar-refractivity contribution in [3.05, 3.63) is 51.4 Å². The van der Waals surface area contributed by atoms with E-state index in [1.165, 1.54) is 16.0 Å². The lowest BCUT2D eigenvalue weighted by Crippen LogP contribution is -3.08. The molecular weight excluding hydrogens is 330 g/mol. The van der Waals surface area contributed by atoms with Crippen LogP contribution in [-0.2, 0) is 30.6 Å². The third-order valence-electron chi connectivity index (χ3n) is 4.69. The summed E-state index contributed by atoms with van der Waals surface area (Å²) in [6.45, 7) is 3.35. The summed E-state index contributed by atoms with van der Waals surface area (Å²) >= 11 is 1.57. The van der Waals surface area contributed by atoms with Gasteiger partial charge >= 0.3 is 0 Å². The lowest BCUT2D eigenvalue weighted by molar-refractivity contribution is -0.885. The highest BCUT2D eigenvalue weighted by Crippen LogP contribution is 2.38. The number of aryl methyl sites for hydroxylation is 2. The van der Waals surface area contributed by atoms with Gasteiger partial charge < -0.3 is 10.2 Å². The smallest absolute Gasteiger partial charge is 0.280 e. The van der Waals surface area contributed by atoms with Crippen molar-refractivity contribution in [2.24, 2.45) is 0 Å². The second-order valence-corrected chi connectivity index (χ2v) is 7.81. The molecule has 1 amide bonds. The molecule has 130 valence electrons. The first-order valence-electron chi connectivity index (χ1n) is 8.84. The van der Waals surface area contributed by atoms with Gasteiger partial charge in [0.25, 0.3) is 5.91 Å². The van der Waals surface area contributed by atoms with E-state index in [2.05, 4.69) is 42.6 Å². The molecule has 0 spiro atoms. The van der Waals surface area contributed by atoms with Gasteiger partial charge in [-0.05, 0) is 36.8 Å². The van der Waals surface area contributed by atoms with Crippen LogP contribution < -0.4 is 10.2 Å². The van der Waals surface area contributed by atoms with Crippen LogP contribution in [0.15, 0.2) is 24.3 Å². The summed E-state index contributed by atoms with van der Waals surface area (Å²) in [6.07, 6.45) is 4.15. The Balaban J connectivity index is 1.58. The Morgan fingerprint density at radius 2 is 2.00 bits per heavy atom. The van der Waals surface area contributed by atoms with Gasteiger partial charge in [0.2, 0.25) is 0 Å². The number of likely N-dealkylation sites (N-methyl/N-ethyl adjacent to an activating group) is 1. The highest BCUT2D eigenvalue weighted by Gasteiger charge is 2.23. The minimum atomic E-state index is -0.0286. The van der Waals surface area contributed by atoms with Crippen LogP contribution in [0.1, 0.15) is 40.5 Å². The molecule has 1 aromatic heterocycles. The zero-order valence-electron chi connectivity index (χ0n) is 14.8. The third-order valence-corrected chi connectivity index (χ3v) is 5.89. The molecule has 2 N–H and O–H groups in total. The van der Waals surface area contributed by atoms with E-state index in [-0.39, 0.29) is 5.91 Å². The SMILES string of the molecule is CCc1ccc(C[NH+](C)CC(=O)Nc2sc3c(c2C#N)CCC3)cc1. The monoisotopic (exact) mass is 354 g/mol. The predicted molar refractivity (Wildman–Crippen MR) is 101 cm³/mol. The lowest BCUT2D eigenvalue weighted by atomic mass is 10.1. The molecule has 1 unspecified atom stereocenters. The molecule has 0 radical (unpaired) electrons. The molecule has 25 heavy (non-hydrogen) atoms. The van der Waals surface area contributed by atoms with Crippen molar-refractivity contribution in [3.63, 3.8) is 0 Å². The molecule has 0 aliphatic heterocycles. The molecular formula is C20H24N3OS+. The molecule has 0 bridgehead atoms. The average Bonchev–Trinajstić information content (AvgIpc) is 3.15. The summed E-state index contributed by atoms with van der Waals surface area (Å²) in [6, 6.07) is 10.8. The van der Waals surface area contributed by atoms with Crippen LogP contribution in [0.4, 0.5) is 5.00 Å². The summed E-state index contributed by atoms with van der Waals surface area (Å²) in [7, 11) is 2.02. The van der Waals surface area contributed by atoms with Crippen molar-refractivity contribution >= 4 is 22.2 Å². The average molecular weight is 354 g/mol. The van der Waals surface area contributed by atoms with Crippen molar-refractivity contribution in [2.45, 2.75) is 39.2 Å². The van der Waals surface area contributed by atoms with Gasteiger partial charge in [-0.1, -0.05) is 31.2 Å². The fourth-order valence-corrected chi connectivity index (χ4v) is 4.62. The summed E-state index contributed by atoms with van der Waals surface area (Å²) in [5.41, 5.74) is 4.39. The standard InChI is InChI=1S/C20H23N3OS/c1-3-14-7-9-15(10-8-14)12-23(2)13-19(24)22-20-17(11-21)16-5-4-6-18(16)25-20/h7-10H,3-6,12-13H2,1-2H3,(H,22,24)/p+1. The number of carbonyl (C=O) groups is 1. The third kappa shape index (κ3) is 4.09. The van der Waals surface area contributed by atoms with Gasteiger partial charge in [-0.15, -0.1) is 11.3 Å². The first-order chi connectivity index (χ1) is 12.1. The first kappa shape index (κ1) is 17.7. The van der Waals surface area contributed by atoms with Crippen LogP contribution >= 0.6 is 11.3 Å². The van der Waals surface area contributed by atoms with Crippen LogP contribution in [-0.4, -0.2) is 19.5 Å². The molecule has 0 saturated heterocycles. The summed E-state index contributed by atoms with van der Waals surface area (Å²) < 4.78 is 0. The molecule has 1 atom stereocenters. The van der Waals surface area contributed by atoms with Gasteiger partial charge in [-0.2, -0.15) is 5.26 Å². The second-order valence-electron chi connectivity index (χ2n) is 6.70. The molecule has 2 aromatic rings. The van der Waals surface area contributed by atoms with Gasteiger partial charge in [0, 0.05) is 10.4 Å². The number of hydrogen-bond donors (Lipinski definition) is 2. The number of carbonyl (C=O) groups excluding carboxylic acids is 1. The Morgan fingerprint density at radius 1 is 1.28 bits per heavy atom. The maximum atomic E-state index is 12.4. The summed E-state index contributed by atoms with van der Waals surface area (Å²) in [4.78, 5) is 14.8. The van der Waals surface area contributed by atoms with Crippen LogP contribution in [0, 0.1) is 11.3 Å². The van der Waals surface area contributed by atoms with Crippen LogP contribution in [0.2, 0.25) is 0 Å². The molecule has 1 heterocycles. The maximum Gasteiger partial charge on any atom is 0.280 e. The van der Waals surface area contributed by atoms with E-state index in [0.29, 0.717) is 12.1 Å². The van der Waals surface area contributed by atoms with Crippen molar-refractivity contribution in [1.82, 2.24) is 0 Å². The summed E-state index contributed by atoms with van der Waals surface area (Å²) in [5.74, 6) is -0.0286. The highest BCUT2D eigenvalue weighted by atomic mass is 32.1. The van der Waals surface area contributed by atoms with E-state index in [1.54, 1.807) is 11.3 Å². The number of hydrogen-bond acceptors (Lipinski definition) is 3. The molecule has 5 heteroatoms. The Labute approximate surface area is 153 Å². The Morgan fingerprint density at radius 3 is 2.68 bits per heavy atom. The number of nitrogens with one attached hydrogen (secondary N) is 2. The number of nitriles is 1. The van der Waals surface area contributed by atoms with Crippen molar-refractivity contribution in [2.75, 3.05) is 18.9 Å². The molecule has 1 aliphatic carbocycles. The van der Waals surface area contributed by atoms with Crippen LogP contribution in [0.5, 0.6) is 0 Å². The molecule has 1 aromatic carbocycles. The van der Waals surface area contributed by atoms with Crippen molar-refractivity contribution < 1.29 is 9.69 Å². The Bertz CT molecular complexity index is 802. The van der Waals surface area contributed by atoms with E-state index in [1.807, 2.05) is 7.05 Å². The van der Waals surface area contributed by atoms with Crippen LogP contribution in [0.3, 0.4) is 0 Å². The van der Waals surface area contributed by atoms with Crippen LogP contribution in [0.25, 0.3) is 0 Å². The zero-order chi connectivity index (χ0) is 17.8. The van der Waals surface area contributed by atoms with Gasteiger partial charge in [0.1, 0.15) is 17.6 Å². The Kier molecular flexibility index (Phi) is 5.52. The number of nitrogens with zero attached hydrogens (tertiary/aromatic N) is 1. The highest BCUT2D eigenvalue weighted by molar-refractivity contribution is 7.16. The predicted octanol–water partition coefficient (Wildman–Crippen LogP) is 2.32. The van der Waals surface area contributed by atoms with E-state index < -0.39 is 0 Å². The number of thiophene rings is 1. The number of amides is 1. The van der Waals surface area contributed by atoms with Crippen molar-refractivity contribution in [1.29, 1.82) is 5.26 Å². The molecule has 3 rings (SSSR count). The molecule has 1 aliphatic rings. The van der Waals surface area contributed by atoms with E-state index in [9.17, 15) is 10.1 Å². The van der Waals surface area contributed by atoms with Gasteiger partial charge in [-0.25, -0.2) is 0 Å². The zero-order valence-corrected chi connectivity index (χ0v) is 15.6. The first-order valence-corrected chi connectivity index (χ1v) is 9.66. The minimum Gasteiger partial charge on any atom is -0.326 e. The summed E-state index contributed by atoms with van der Waals surface area (Å²) in [5, 5.41) is 13.1. The molecule has 0 saturated carbocycles. The lowest BCUT2D eigenvalue weighted by Gasteiger charge is -2.14. The van der Waals surface area contributed by atoms with E-state index in [4.69, 9.17) is 0 Å². The molecule has 0 fully saturated rings. The maximum absolute atomic E-state index is 12.4. The molecule has 4 nitrogen and oxygen atoms in total. The number of fused-ring (bicyclic) bond motifs is 1. The van der Waals surface area contributed by atoms with E-state index in [0.717, 1.165) is 47.7 Å². The largest absolute Gasteiger partial charge is 0.326 e. The number of quaternary nitrogens is 1. The van der Waals surface area contributed by atoms with Crippen molar-refractivity contribution in [3.8, 4) is 6.07 Å². The normalized spacial score (nSPS) is 14.0. The number of benzene rings is 1. The fourth-order valence-electron chi connectivity index (χ4n) is 3.36. The van der Waals surface area contributed by atoms with Gasteiger partial charge in [0.05, 0.1) is 12.6 Å². The number of anilines is 1. The topological polar surface area (TPSA) is 57.3 Å². The van der Waals surface area contributed by atoms with Gasteiger partial charge in [0.15, 0.2) is 6.54 Å². The quantitative estimate of drug-likeness (QED) is 0.836. The number of rotatable bonds is 6. The van der Waals surface area contributed by atoms with E-state index >= 15 is 0 Å². The second kappa shape index (κ2) is 7.81. The Hall–Kier alpha value is -2.16. The fraction of sp³-hybridized carbons (Fsp3) is 0.400.